The Bertz CT molecular complexity index is 3720. The van der Waals surface area contributed by atoms with E-state index in [4.69, 9.17) is 4.42 Å². The first-order chi connectivity index (χ1) is 34.5. The predicted molar refractivity (Wildman–Crippen MR) is 309 cm³/mol. The number of hydrogen-bond donors (Lipinski definition) is 0. The van der Waals surface area contributed by atoms with Gasteiger partial charge in [-0.3, -0.25) is 0 Å². The second kappa shape index (κ2) is 16.7. The average Bonchev–Trinajstić information content (AvgIpc) is 3.77. The molecular weight excluding hydrogens is 874 g/mol. The SMILES string of the molecule is Cc1cccc2c1oc1c(N(c3ccccc3)c3cc4c5c(c3)N(c3ccccc3-c3ccccc3)c3ccc(C(C)(C)C)cc3B5c3cc(C(C)(C)C)ccc3N4c3ccc(C(C)(C)C)cc3)cccc12. The van der Waals surface area contributed by atoms with Crippen LogP contribution in [0.3, 0.4) is 0 Å². The molecule has 0 atom stereocenters. The lowest BCUT2D eigenvalue weighted by Crippen LogP contribution is -2.61. The minimum atomic E-state index is -0.0766. The zero-order valence-corrected chi connectivity index (χ0v) is 43.3. The fraction of sp³-hybridized carbons (Fsp3) is 0.194. The van der Waals surface area contributed by atoms with Crippen molar-refractivity contribution in [1.82, 2.24) is 0 Å². The molecule has 10 aromatic rings. The molecule has 0 bridgehead atoms. The van der Waals surface area contributed by atoms with Gasteiger partial charge in [-0.05, 0) is 128 Å². The molecule has 0 N–H and O–H groups in total. The molecule has 4 nitrogen and oxygen atoms in total. The monoisotopic (exact) mass is 935 g/mol. The molecule has 0 spiro atoms. The van der Waals surface area contributed by atoms with Gasteiger partial charge in [0.05, 0.1) is 17.1 Å². The molecule has 0 fully saturated rings. The summed E-state index contributed by atoms with van der Waals surface area (Å²) in [6, 6.07) is 72.6. The fourth-order valence-corrected chi connectivity index (χ4v) is 11.4. The van der Waals surface area contributed by atoms with Crippen LogP contribution in [0.5, 0.6) is 0 Å². The Kier molecular flexibility index (Phi) is 10.5. The van der Waals surface area contributed by atoms with E-state index in [1.807, 2.05) is 0 Å². The molecule has 2 aliphatic heterocycles. The number of nitrogens with zero attached hydrogens (tertiary/aromatic N) is 3. The van der Waals surface area contributed by atoms with Crippen LogP contribution in [0.25, 0.3) is 33.1 Å². The van der Waals surface area contributed by atoms with Crippen LogP contribution in [-0.4, -0.2) is 6.71 Å². The van der Waals surface area contributed by atoms with Gasteiger partial charge in [0.15, 0.2) is 5.58 Å². The highest BCUT2D eigenvalue weighted by molar-refractivity contribution is 7.00. The lowest BCUT2D eigenvalue weighted by atomic mass is 9.33. The van der Waals surface area contributed by atoms with Crippen molar-refractivity contribution in [3.05, 3.63) is 216 Å². The highest BCUT2D eigenvalue weighted by Crippen LogP contribution is 2.51. The summed E-state index contributed by atoms with van der Waals surface area (Å²) in [5, 5.41) is 2.21. The fourth-order valence-electron chi connectivity index (χ4n) is 11.4. The molecule has 5 heteroatoms. The number of hydrogen-bond acceptors (Lipinski definition) is 4. The van der Waals surface area contributed by atoms with E-state index in [0.29, 0.717) is 0 Å². The maximum absolute atomic E-state index is 7.03. The van der Waals surface area contributed by atoms with Gasteiger partial charge in [0, 0.05) is 50.5 Å². The molecule has 0 unspecified atom stereocenters. The normalized spacial score (nSPS) is 13.3. The zero-order chi connectivity index (χ0) is 49.8. The molecule has 354 valence electrons. The first kappa shape index (κ1) is 45.4. The van der Waals surface area contributed by atoms with Gasteiger partial charge in [0.25, 0.3) is 6.71 Å². The molecule has 3 heterocycles. The van der Waals surface area contributed by atoms with Crippen molar-refractivity contribution in [2.75, 3.05) is 14.7 Å². The number of aryl methyl sites for hydroxylation is 1. The van der Waals surface area contributed by atoms with Crippen LogP contribution < -0.4 is 31.1 Å². The largest absolute Gasteiger partial charge is 0.454 e. The standard InChI is InChI=1S/C67H62BN3O/c1-43-21-19-27-52-53-28-20-30-59(64(53)72-63(43)52)69(48-24-15-12-16-25-48)50-41-60-62-61(42-50)71(56-29-18-17-26-51(56)44-22-13-11-14-23-44)58-38-34-47(67(8,9)10)40-55(58)68(62)54-39-46(66(5,6)7)33-37-57(54)70(60)49-35-31-45(32-36-49)65(2,3)4/h11-42H,1-10H3. The van der Waals surface area contributed by atoms with Crippen LogP contribution in [0.1, 0.15) is 84.6 Å². The number of fused-ring (bicyclic) bond motifs is 7. The van der Waals surface area contributed by atoms with Crippen molar-refractivity contribution in [3.63, 3.8) is 0 Å². The van der Waals surface area contributed by atoms with E-state index in [1.54, 1.807) is 0 Å². The number of para-hydroxylation sites is 4. The van der Waals surface area contributed by atoms with Gasteiger partial charge in [-0.2, -0.15) is 0 Å². The topological polar surface area (TPSA) is 22.9 Å². The third-order valence-electron chi connectivity index (χ3n) is 15.2. The summed E-state index contributed by atoms with van der Waals surface area (Å²) in [5.74, 6) is 0. The lowest BCUT2D eigenvalue weighted by molar-refractivity contribution is 0.590. The van der Waals surface area contributed by atoms with Crippen molar-refractivity contribution in [2.45, 2.75) is 85.5 Å². The molecule has 1 aromatic heterocycles. The van der Waals surface area contributed by atoms with Crippen molar-refractivity contribution in [1.29, 1.82) is 0 Å². The highest BCUT2D eigenvalue weighted by Gasteiger charge is 2.45. The number of anilines is 9. The van der Waals surface area contributed by atoms with Crippen LogP contribution in [0, 0.1) is 6.92 Å². The molecule has 9 aromatic carbocycles. The van der Waals surface area contributed by atoms with E-state index < -0.39 is 0 Å². The van der Waals surface area contributed by atoms with Crippen LogP contribution in [-0.2, 0) is 16.2 Å². The van der Waals surface area contributed by atoms with Gasteiger partial charge in [-0.1, -0.05) is 196 Å². The summed E-state index contributed by atoms with van der Waals surface area (Å²) >= 11 is 0. The summed E-state index contributed by atoms with van der Waals surface area (Å²) in [6.07, 6.45) is 0. The third kappa shape index (κ3) is 7.43. The first-order valence-electron chi connectivity index (χ1n) is 25.6. The van der Waals surface area contributed by atoms with Crippen LogP contribution >= 0.6 is 0 Å². The van der Waals surface area contributed by atoms with Gasteiger partial charge in [0.2, 0.25) is 0 Å². The minimum Gasteiger partial charge on any atom is -0.454 e. The molecule has 0 saturated carbocycles. The molecule has 0 amide bonds. The van der Waals surface area contributed by atoms with Crippen molar-refractivity contribution >= 4 is 96.2 Å². The smallest absolute Gasteiger partial charge is 0.252 e. The quantitative estimate of drug-likeness (QED) is 0.155. The van der Waals surface area contributed by atoms with Gasteiger partial charge in [-0.25, -0.2) is 0 Å². The third-order valence-corrected chi connectivity index (χ3v) is 15.2. The summed E-state index contributed by atoms with van der Waals surface area (Å²) in [4.78, 5) is 7.56. The maximum atomic E-state index is 7.03. The van der Waals surface area contributed by atoms with E-state index in [1.165, 1.54) is 55.6 Å². The Labute approximate surface area is 426 Å². The van der Waals surface area contributed by atoms with Crippen molar-refractivity contribution < 1.29 is 4.42 Å². The predicted octanol–water partition coefficient (Wildman–Crippen LogP) is 17.0. The van der Waals surface area contributed by atoms with Crippen molar-refractivity contribution in [3.8, 4) is 11.1 Å². The highest BCUT2D eigenvalue weighted by atomic mass is 16.3. The zero-order valence-electron chi connectivity index (χ0n) is 43.3. The van der Waals surface area contributed by atoms with Crippen LogP contribution in [0.15, 0.2) is 199 Å². The molecule has 0 saturated heterocycles. The number of furan rings is 1. The van der Waals surface area contributed by atoms with E-state index in [0.717, 1.165) is 67.3 Å². The average molecular weight is 936 g/mol. The molecular formula is C67H62BN3O. The first-order valence-corrected chi connectivity index (χ1v) is 25.6. The van der Waals surface area contributed by atoms with E-state index >= 15 is 0 Å². The number of benzene rings is 9. The van der Waals surface area contributed by atoms with E-state index in [2.05, 4.69) is 278 Å². The van der Waals surface area contributed by atoms with Gasteiger partial charge in [-0.15, -0.1) is 0 Å². The Hall–Kier alpha value is -7.76. The summed E-state index contributed by atoms with van der Waals surface area (Å²) in [5.41, 5.74) is 22.9. The van der Waals surface area contributed by atoms with E-state index in [-0.39, 0.29) is 23.0 Å². The Morgan fingerprint density at radius 2 is 0.944 bits per heavy atom. The molecule has 0 aliphatic carbocycles. The van der Waals surface area contributed by atoms with Gasteiger partial charge < -0.3 is 19.1 Å². The van der Waals surface area contributed by atoms with Gasteiger partial charge >= 0.3 is 0 Å². The van der Waals surface area contributed by atoms with E-state index in [9.17, 15) is 0 Å². The Morgan fingerprint density at radius 3 is 1.57 bits per heavy atom. The van der Waals surface area contributed by atoms with Gasteiger partial charge in [0.1, 0.15) is 5.58 Å². The number of rotatable bonds is 6. The Morgan fingerprint density at radius 1 is 0.417 bits per heavy atom. The summed E-state index contributed by atoms with van der Waals surface area (Å²) < 4.78 is 7.03. The molecule has 2 aliphatic rings. The molecule has 12 rings (SSSR count). The van der Waals surface area contributed by atoms with Crippen LogP contribution in [0.4, 0.5) is 51.2 Å². The summed E-state index contributed by atoms with van der Waals surface area (Å²) in [7, 11) is 0. The second-order valence-corrected chi connectivity index (χ2v) is 23.1. The Balaban J connectivity index is 1.24. The molecule has 0 radical (unpaired) electrons. The minimum absolute atomic E-state index is 0.00234. The summed E-state index contributed by atoms with van der Waals surface area (Å²) in [6.45, 7) is 23.0. The maximum Gasteiger partial charge on any atom is 0.252 e. The van der Waals surface area contributed by atoms with Crippen molar-refractivity contribution in [2.24, 2.45) is 0 Å². The molecule has 72 heavy (non-hydrogen) atoms. The van der Waals surface area contributed by atoms with Crippen LogP contribution in [0.2, 0.25) is 0 Å². The second-order valence-electron chi connectivity index (χ2n) is 23.1. The lowest BCUT2D eigenvalue weighted by Gasteiger charge is -2.46.